The minimum Gasteiger partial charge on any atom is -0.316 e. The Labute approximate surface area is 94.4 Å². The summed E-state index contributed by atoms with van der Waals surface area (Å²) in [5, 5.41) is 3.29. The highest BCUT2D eigenvalue weighted by Gasteiger charge is 2.75. The zero-order valence-corrected chi connectivity index (χ0v) is 9.56. The summed E-state index contributed by atoms with van der Waals surface area (Å²) in [5.74, 6) is 1.31. The number of nitrogens with one attached hydrogen (secondary N) is 1. The van der Waals surface area contributed by atoms with Gasteiger partial charge in [0.1, 0.15) is 0 Å². The van der Waals surface area contributed by atoms with Crippen LogP contribution in [0.2, 0.25) is 0 Å². The van der Waals surface area contributed by atoms with E-state index in [-0.39, 0.29) is 35.1 Å². The van der Waals surface area contributed by atoms with E-state index in [1.165, 1.54) is 0 Å². The van der Waals surface area contributed by atoms with E-state index in [4.69, 9.17) is 0 Å². The van der Waals surface area contributed by atoms with Crippen molar-refractivity contribution in [1.82, 2.24) is 10.2 Å². The van der Waals surface area contributed by atoms with Crippen LogP contribution < -0.4 is 5.32 Å². The fourth-order valence-corrected chi connectivity index (χ4v) is 4.03. The Bertz CT molecular complexity index is 383. The molecule has 0 spiro atoms. The first kappa shape index (κ1) is 9.16. The number of nitrogens with zero attached hydrogens (tertiary/aromatic N) is 1. The van der Waals surface area contributed by atoms with E-state index in [0.29, 0.717) is 11.8 Å². The zero-order valence-electron chi connectivity index (χ0n) is 9.56. The van der Waals surface area contributed by atoms with Crippen LogP contribution >= 0.6 is 0 Å². The van der Waals surface area contributed by atoms with Gasteiger partial charge in [-0.3, -0.25) is 14.5 Å². The topological polar surface area (TPSA) is 49.4 Å². The van der Waals surface area contributed by atoms with Crippen LogP contribution in [-0.4, -0.2) is 35.8 Å². The molecule has 0 aromatic carbocycles. The van der Waals surface area contributed by atoms with Crippen LogP contribution in [0, 0.1) is 29.1 Å². The van der Waals surface area contributed by atoms with Gasteiger partial charge < -0.3 is 5.32 Å². The maximum absolute atomic E-state index is 12.2. The number of hydrogen-bond acceptors (Lipinski definition) is 3. The molecule has 2 saturated carbocycles. The lowest BCUT2D eigenvalue weighted by Gasteiger charge is -2.22. The number of piperidine rings is 2. The third-order valence-electron chi connectivity index (χ3n) is 5.18. The highest BCUT2D eigenvalue weighted by molar-refractivity contribution is 6.11. The van der Waals surface area contributed by atoms with Crippen molar-refractivity contribution in [3.05, 3.63) is 0 Å². The Morgan fingerprint density at radius 3 is 2.12 bits per heavy atom. The lowest BCUT2D eigenvalue weighted by molar-refractivity contribution is -0.144. The Morgan fingerprint density at radius 2 is 1.62 bits per heavy atom. The molecule has 86 valence electrons. The molecule has 4 aliphatic rings. The standard InChI is InChI=1S/C12H16N2O2/c1-12(2)7-8(12)11(16)14(10(7)15)9-5-3-13-4-6(5)9/h5-9,13H,3-4H2,1-2H3. The van der Waals surface area contributed by atoms with Crippen LogP contribution in [0.25, 0.3) is 0 Å². The molecule has 0 radical (unpaired) electrons. The van der Waals surface area contributed by atoms with Crippen molar-refractivity contribution in [3.8, 4) is 0 Å². The normalized spacial score (nSPS) is 51.6. The first-order chi connectivity index (χ1) is 7.55. The Morgan fingerprint density at radius 1 is 1.12 bits per heavy atom. The molecule has 4 atom stereocenters. The summed E-state index contributed by atoms with van der Waals surface area (Å²) in [6.45, 7) is 6.02. The Hall–Kier alpha value is -0.900. The molecule has 2 aliphatic carbocycles. The third-order valence-corrected chi connectivity index (χ3v) is 5.18. The fraction of sp³-hybridized carbons (Fsp3) is 0.833. The van der Waals surface area contributed by atoms with E-state index in [0.717, 1.165) is 13.1 Å². The van der Waals surface area contributed by atoms with E-state index < -0.39 is 0 Å². The van der Waals surface area contributed by atoms with Crippen LogP contribution in [0.4, 0.5) is 0 Å². The number of carbonyl (C=O) groups is 2. The lowest BCUT2D eigenvalue weighted by atomic mass is 10.1. The summed E-state index contributed by atoms with van der Waals surface area (Å²) in [6.07, 6.45) is 0. The minimum atomic E-state index is -0.0626. The van der Waals surface area contributed by atoms with Crippen LogP contribution in [0.5, 0.6) is 0 Å². The predicted octanol–water partition coefficient (Wildman–Crippen LogP) is -0.155. The molecular weight excluding hydrogens is 204 g/mol. The number of imide groups is 1. The van der Waals surface area contributed by atoms with Gasteiger partial charge in [0, 0.05) is 19.1 Å². The maximum atomic E-state index is 12.2. The maximum Gasteiger partial charge on any atom is 0.233 e. The van der Waals surface area contributed by atoms with Crippen LogP contribution in [0.15, 0.2) is 0 Å². The molecular formula is C12H16N2O2. The number of carbonyl (C=O) groups excluding carboxylic acids is 2. The van der Waals surface area contributed by atoms with Gasteiger partial charge in [-0.1, -0.05) is 13.8 Å². The fourth-order valence-electron chi connectivity index (χ4n) is 4.03. The molecule has 0 aromatic heterocycles. The summed E-state index contributed by atoms with van der Waals surface area (Å²) in [7, 11) is 0. The highest BCUT2D eigenvalue weighted by atomic mass is 16.2. The average Bonchev–Trinajstić information content (AvgIpc) is 2.86. The quantitative estimate of drug-likeness (QED) is 0.625. The zero-order chi connectivity index (χ0) is 11.2. The molecule has 2 amide bonds. The van der Waals surface area contributed by atoms with E-state index in [1.807, 2.05) is 13.8 Å². The second-order valence-corrected chi connectivity index (χ2v) is 6.30. The van der Waals surface area contributed by atoms with Gasteiger partial charge >= 0.3 is 0 Å². The monoisotopic (exact) mass is 220 g/mol. The SMILES string of the molecule is CC1(C)C2C(=O)N(C3C4CNCC43)C(=O)C21. The van der Waals surface area contributed by atoms with Gasteiger partial charge in [0.15, 0.2) is 0 Å². The molecule has 2 heterocycles. The van der Waals surface area contributed by atoms with Gasteiger partial charge in [-0.15, -0.1) is 0 Å². The first-order valence-electron chi connectivity index (χ1n) is 6.13. The van der Waals surface area contributed by atoms with Crippen molar-refractivity contribution >= 4 is 11.8 Å². The number of hydrogen-bond donors (Lipinski definition) is 1. The summed E-state index contributed by atoms with van der Waals surface area (Å²) in [4.78, 5) is 25.9. The molecule has 4 heteroatoms. The molecule has 4 nitrogen and oxygen atoms in total. The summed E-state index contributed by atoms with van der Waals surface area (Å²) >= 11 is 0. The molecule has 0 aromatic rings. The van der Waals surface area contributed by atoms with Crippen molar-refractivity contribution in [2.24, 2.45) is 29.1 Å². The molecule has 2 saturated heterocycles. The van der Waals surface area contributed by atoms with Crippen molar-refractivity contribution in [2.45, 2.75) is 19.9 Å². The Kier molecular flexibility index (Phi) is 1.34. The molecule has 1 N–H and O–H groups in total. The van der Waals surface area contributed by atoms with Gasteiger partial charge in [-0.05, 0) is 17.3 Å². The Balaban J connectivity index is 1.60. The molecule has 4 unspecified atom stereocenters. The average molecular weight is 220 g/mol. The van der Waals surface area contributed by atoms with Crippen molar-refractivity contribution in [1.29, 1.82) is 0 Å². The van der Waals surface area contributed by atoms with Crippen LogP contribution in [-0.2, 0) is 9.59 Å². The second kappa shape index (κ2) is 2.35. The van der Waals surface area contributed by atoms with Crippen LogP contribution in [0.1, 0.15) is 13.8 Å². The number of likely N-dealkylation sites (tertiary alicyclic amines) is 1. The van der Waals surface area contributed by atoms with Gasteiger partial charge in [0.05, 0.1) is 11.8 Å². The van der Waals surface area contributed by atoms with E-state index >= 15 is 0 Å². The summed E-state index contributed by atoms with van der Waals surface area (Å²) in [5.41, 5.74) is -0.0626. The van der Waals surface area contributed by atoms with Gasteiger partial charge in [-0.25, -0.2) is 0 Å². The predicted molar refractivity (Wildman–Crippen MR) is 56.3 cm³/mol. The van der Waals surface area contributed by atoms with Gasteiger partial charge in [-0.2, -0.15) is 0 Å². The van der Waals surface area contributed by atoms with E-state index in [2.05, 4.69) is 5.32 Å². The summed E-state index contributed by atoms with van der Waals surface area (Å²) in [6, 6.07) is 0.241. The first-order valence-corrected chi connectivity index (χ1v) is 6.13. The summed E-state index contributed by atoms with van der Waals surface area (Å²) < 4.78 is 0. The van der Waals surface area contributed by atoms with Gasteiger partial charge in [0.2, 0.25) is 11.8 Å². The van der Waals surface area contributed by atoms with Gasteiger partial charge in [0.25, 0.3) is 0 Å². The number of fused-ring (bicyclic) bond motifs is 2. The highest BCUT2D eigenvalue weighted by Crippen LogP contribution is 2.65. The molecule has 2 aliphatic heterocycles. The number of rotatable bonds is 1. The number of amides is 2. The molecule has 0 bridgehead atoms. The second-order valence-electron chi connectivity index (χ2n) is 6.30. The third kappa shape index (κ3) is 0.796. The smallest absolute Gasteiger partial charge is 0.233 e. The van der Waals surface area contributed by atoms with Crippen molar-refractivity contribution in [2.75, 3.05) is 13.1 Å². The van der Waals surface area contributed by atoms with Crippen molar-refractivity contribution < 1.29 is 9.59 Å². The molecule has 16 heavy (non-hydrogen) atoms. The molecule has 4 rings (SSSR count). The van der Waals surface area contributed by atoms with Crippen LogP contribution in [0.3, 0.4) is 0 Å². The lowest BCUT2D eigenvalue weighted by Crippen LogP contribution is -2.41. The van der Waals surface area contributed by atoms with Crippen molar-refractivity contribution in [3.63, 3.8) is 0 Å². The van der Waals surface area contributed by atoms with E-state index in [1.54, 1.807) is 4.90 Å². The largest absolute Gasteiger partial charge is 0.316 e. The minimum absolute atomic E-state index is 0.00529. The van der Waals surface area contributed by atoms with E-state index in [9.17, 15) is 9.59 Å². The molecule has 4 fully saturated rings.